The summed E-state index contributed by atoms with van der Waals surface area (Å²) in [5.74, 6) is -0.201. The van der Waals surface area contributed by atoms with E-state index in [-0.39, 0.29) is 12.5 Å². The Morgan fingerprint density at radius 3 is 2.65 bits per heavy atom. The number of nitrogen functional groups attached to an aromatic ring is 1. The van der Waals surface area contributed by atoms with Gasteiger partial charge in [0.1, 0.15) is 0 Å². The van der Waals surface area contributed by atoms with Gasteiger partial charge in [-0.25, -0.2) is 5.43 Å². The third-order valence-corrected chi connectivity index (χ3v) is 3.47. The standard InChI is InChI=1S/C18H22N4O/c1-12-7-8-17(13(2)9-12)20-11-18(23)22-21-14(3)15-5-4-6-16(19)10-15/h4-10,20H,11,19H2,1-3H3,(H,22,23). The summed E-state index contributed by atoms with van der Waals surface area (Å²) in [6.45, 7) is 6.04. The number of hydrazone groups is 1. The summed E-state index contributed by atoms with van der Waals surface area (Å²) in [7, 11) is 0. The van der Waals surface area contributed by atoms with Gasteiger partial charge < -0.3 is 11.1 Å². The van der Waals surface area contributed by atoms with Gasteiger partial charge in [0.15, 0.2) is 0 Å². The van der Waals surface area contributed by atoms with Crippen LogP contribution in [0.1, 0.15) is 23.6 Å². The van der Waals surface area contributed by atoms with Gasteiger partial charge in [-0.05, 0) is 50.1 Å². The number of carbonyl (C=O) groups excluding carboxylic acids is 1. The highest BCUT2D eigenvalue weighted by atomic mass is 16.2. The van der Waals surface area contributed by atoms with Crippen molar-refractivity contribution >= 4 is 23.0 Å². The van der Waals surface area contributed by atoms with Gasteiger partial charge in [0.25, 0.3) is 5.91 Å². The average Bonchev–Trinajstić information content (AvgIpc) is 2.51. The minimum atomic E-state index is -0.201. The second-order valence-electron chi connectivity index (χ2n) is 5.53. The lowest BCUT2D eigenvalue weighted by molar-refractivity contribution is -0.119. The normalized spacial score (nSPS) is 11.2. The Hall–Kier alpha value is -2.82. The molecule has 0 aromatic heterocycles. The molecule has 0 aliphatic rings. The highest BCUT2D eigenvalue weighted by Gasteiger charge is 2.03. The molecule has 0 saturated carbocycles. The first-order valence-electron chi connectivity index (χ1n) is 7.46. The Morgan fingerprint density at radius 2 is 1.96 bits per heavy atom. The van der Waals surface area contributed by atoms with Gasteiger partial charge in [0, 0.05) is 11.4 Å². The third kappa shape index (κ3) is 4.85. The molecule has 0 aliphatic heterocycles. The van der Waals surface area contributed by atoms with Crippen molar-refractivity contribution in [1.82, 2.24) is 5.43 Å². The number of aryl methyl sites for hydroxylation is 2. The van der Waals surface area contributed by atoms with Crippen LogP contribution in [0.3, 0.4) is 0 Å². The lowest BCUT2D eigenvalue weighted by atomic mass is 10.1. The van der Waals surface area contributed by atoms with Crippen LogP contribution < -0.4 is 16.5 Å². The Labute approximate surface area is 136 Å². The van der Waals surface area contributed by atoms with E-state index in [2.05, 4.69) is 21.9 Å². The van der Waals surface area contributed by atoms with Gasteiger partial charge >= 0.3 is 0 Å². The number of hydrogen-bond donors (Lipinski definition) is 3. The summed E-state index contributed by atoms with van der Waals surface area (Å²) in [5.41, 5.74) is 13.8. The number of nitrogens with one attached hydrogen (secondary N) is 2. The summed E-state index contributed by atoms with van der Waals surface area (Å²) in [6.07, 6.45) is 0. The van der Waals surface area contributed by atoms with E-state index in [1.807, 2.05) is 57.2 Å². The van der Waals surface area contributed by atoms with Crippen molar-refractivity contribution in [3.05, 3.63) is 59.2 Å². The molecule has 0 aliphatic carbocycles. The zero-order valence-corrected chi connectivity index (χ0v) is 13.7. The Balaban J connectivity index is 1.90. The quantitative estimate of drug-likeness (QED) is 0.451. The van der Waals surface area contributed by atoms with E-state index in [4.69, 9.17) is 5.73 Å². The molecular weight excluding hydrogens is 288 g/mol. The molecule has 0 spiro atoms. The lowest BCUT2D eigenvalue weighted by Gasteiger charge is -2.09. The van der Waals surface area contributed by atoms with E-state index in [1.165, 1.54) is 5.56 Å². The van der Waals surface area contributed by atoms with Crippen molar-refractivity contribution in [2.45, 2.75) is 20.8 Å². The molecule has 5 heteroatoms. The molecule has 120 valence electrons. The molecule has 0 heterocycles. The van der Waals surface area contributed by atoms with Crippen molar-refractivity contribution in [3.63, 3.8) is 0 Å². The zero-order chi connectivity index (χ0) is 16.8. The number of rotatable bonds is 5. The number of hydrogen-bond acceptors (Lipinski definition) is 4. The fourth-order valence-electron chi connectivity index (χ4n) is 2.20. The van der Waals surface area contributed by atoms with E-state index in [0.29, 0.717) is 11.4 Å². The van der Waals surface area contributed by atoms with Crippen molar-refractivity contribution in [2.75, 3.05) is 17.6 Å². The first kappa shape index (κ1) is 16.5. The molecule has 5 nitrogen and oxygen atoms in total. The van der Waals surface area contributed by atoms with Crippen LogP contribution in [0.5, 0.6) is 0 Å². The van der Waals surface area contributed by atoms with Crippen molar-refractivity contribution < 1.29 is 4.79 Å². The molecule has 23 heavy (non-hydrogen) atoms. The summed E-state index contributed by atoms with van der Waals surface area (Å²) < 4.78 is 0. The van der Waals surface area contributed by atoms with Crippen LogP contribution in [0.15, 0.2) is 47.6 Å². The molecule has 0 unspecified atom stereocenters. The monoisotopic (exact) mass is 310 g/mol. The maximum atomic E-state index is 11.9. The van der Waals surface area contributed by atoms with E-state index in [1.54, 1.807) is 0 Å². The van der Waals surface area contributed by atoms with Crippen LogP contribution in [-0.2, 0) is 4.79 Å². The second kappa shape index (κ2) is 7.45. The molecule has 2 aromatic rings. The highest BCUT2D eigenvalue weighted by Crippen LogP contribution is 2.15. The third-order valence-electron chi connectivity index (χ3n) is 3.47. The molecular formula is C18H22N4O. The number of nitrogens with zero attached hydrogens (tertiary/aromatic N) is 1. The number of benzene rings is 2. The maximum Gasteiger partial charge on any atom is 0.259 e. The van der Waals surface area contributed by atoms with E-state index in [9.17, 15) is 4.79 Å². The highest BCUT2D eigenvalue weighted by molar-refractivity contribution is 6.00. The molecule has 2 rings (SSSR count). The van der Waals surface area contributed by atoms with Crippen LogP contribution in [0.2, 0.25) is 0 Å². The first-order chi connectivity index (χ1) is 11.0. The molecule has 2 aromatic carbocycles. The molecule has 4 N–H and O–H groups in total. The van der Waals surface area contributed by atoms with Gasteiger partial charge in [0.2, 0.25) is 0 Å². The fourth-order valence-corrected chi connectivity index (χ4v) is 2.20. The van der Waals surface area contributed by atoms with Gasteiger partial charge in [0.05, 0.1) is 12.3 Å². The number of amides is 1. The van der Waals surface area contributed by atoms with E-state index < -0.39 is 0 Å². The lowest BCUT2D eigenvalue weighted by Crippen LogP contribution is -2.27. The fraction of sp³-hybridized carbons (Fsp3) is 0.222. The largest absolute Gasteiger partial charge is 0.399 e. The summed E-state index contributed by atoms with van der Waals surface area (Å²) in [5, 5.41) is 7.22. The van der Waals surface area contributed by atoms with Crippen molar-refractivity contribution in [3.8, 4) is 0 Å². The summed E-state index contributed by atoms with van der Waals surface area (Å²) in [6, 6.07) is 13.4. The van der Waals surface area contributed by atoms with Crippen molar-refractivity contribution in [2.24, 2.45) is 5.10 Å². The van der Waals surface area contributed by atoms with Crippen LogP contribution in [0.25, 0.3) is 0 Å². The first-order valence-corrected chi connectivity index (χ1v) is 7.46. The van der Waals surface area contributed by atoms with Crippen LogP contribution >= 0.6 is 0 Å². The van der Waals surface area contributed by atoms with Crippen LogP contribution in [0, 0.1) is 13.8 Å². The summed E-state index contributed by atoms with van der Waals surface area (Å²) in [4.78, 5) is 11.9. The predicted molar refractivity (Wildman–Crippen MR) is 95.6 cm³/mol. The minimum Gasteiger partial charge on any atom is -0.399 e. The maximum absolute atomic E-state index is 11.9. The molecule has 0 bridgehead atoms. The van der Waals surface area contributed by atoms with E-state index in [0.717, 1.165) is 16.8 Å². The van der Waals surface area contributed by atoms with Crippen molar-refractivity contribution in [1.29, 1.82) is 0 Å². The average molecular weight is 310 g/mol. The topological polar surface area (TPSA) is 79.5 Å². The Kier molecular flexibility index (Phi) is 5.36. The van der Waals surface area contributed by atoms with Crippen LogP contribution in [-0.4, -0.2) is 18.2 Å². The molecule has 0 atom stereocenters. The zero-order valence-electron chi connectivity index (χ0n) is 13.7. The minimum absolute atomic E-state index is 0.164. The predicted octanol–water partition coefficient (Wildman–Crippen LogP) is 2.84. The number of carbonyl (C=O) groups is 1. The Bertz CT molecular complexity index is 738. The van der Waals surface area contributed by atoms with Crippen LogP contribution in [0.4, 0.5) is 11.4 Å². The van der Waals surface area contributed by atoms with E-state index >= 15 is 0 Å². The summed E-state index contributed by atoms with van der Waals surface area (Å²) >= 11 is 0. The number of anilines is 2. The molecule has 0 fully saturated rings. The second-order valence-corrected chi connectivity index (χ2v) is 5.53. The van der Waals surface area contributed by atoms with Gasteiger partial charge in [-0.1, -0.05) is 29.8 Å². The molecule has 1 amide bonds. The van der Waals surface area contributed by atoms with Gasteiger partial charge in [-0.2, -0.15) is 5.10 Å². The smallest absolute Gasteiger partial charge is 0.259 e. The molecule has 0 saturated heterocycles. The SMILES string of the molecule is CC(=NNC(=O)CNc1ccc(C)cc1C)c1cccc(N)c1. The van der Waals surface area contributed by atoms with Gasteiger partial charge in [-0.15, -0.1) is 0 Å². The van der Waals surface area contributed by atoms with Gasteiger partial charge in [-0.3, -0.25) is 4.79 Å². The molecule has 0 radical (unpaired) electrons. The number of nitrogens with two attached hydrogens (primary N) is 1. The Morgan fingerprint density at radius 1 is 1.17 bits per heavy atom.